The summed E-state index contributed by atoms with van der Waals surface area (Å²) in [5.41, 5.74) is -0.170. The van der Waals surface area contributed by atoms with Crippen LogP contribution in [0, 0.1) is 11.2 Å². The first-order valence-corrected chi connectivity index (χ1v) is 12.6. The summed E-state index contributed by atoms with van der Waals surface area (Å²) in [5, 5.41) is 14.6. The zero-order valence-corrected chi connectivity index (χ0v) is 20.6. The highest BCUT2D eigenvalue weighted by Gasteiger charge is 2.59. The van der Waals surface area contributed by atoms with Crippen LogP contribution in [0.3, 0.4) is 0 Å². The second kappa shape index (κ2) is 9.26. The van der Waals surface area contributed by atoms with E-state index in [2.05, 4.69) is 5.32 Å². The van der Waals surface area contributed by atoms with Crippen molar-refractivity contribution < 1.29 is 23.8 Å². The van der Waals surface area contributed by atoms with Crippen molar-refractivity contribution in [1.29, 1.82) is 0 Å². The van der Waals surface area contributed by atoms with Crippen LogP contribution in [0.15, 0.2) is 42.5 Å². The molecule has 4 aliphatic rings. The Hall–Kier alpha value is -2.35. The number of fused-ring (bicyclic) bond motifs is 3. The Morgan fingerprint density at radius 1 is 1.09 bits per heavy atom. The van der Waals surface area contributed by atoms with E-state index in [9.17, 15) is 19.1 Å². The van der Waals surface area contributed by atoms with Gasteiger partial charge in [0.2, 0.25) is 5.91 Å². The maximum absolute atomic E-state index is 13.6. The third-order valence-electron chi connectivity index (χ3n) is 7.93. The maximum Gasteiger partial charge on any atom is 0.258 e. The van der Waals surface area contributed by atoms with Crippen molar-refractivity contribution in [2.45, 2.75) is 49.7 Å². The standard InChI is InChI=1S/C26H27Cl2FN2O4/c27-18-3-1-16(2-4-18)17-13-31(14-17)24(34)25-7-9-26(10-8-25,22(32)12-25)30-23(33)15-35-19-5-6-20(28)21(29)11-19/h1-6,11,17,22,32H,7-10,12-15H2,(H,30,33). The average molecular weight is 521 g/mol. The second-order valence-corrected chi connectivity index (χ2v) is 10.9. The normalized spacial score (nSPS) is 27.9. The Kier molecular flexibility index (Phi) is 6.45. The summed E-state index contributed by atoms with van der Waals surface area (Å²) in [5.74, 6) is -0.412. The van der Waals surface area contributed by atoms with Crippen LogP contribution in [0.2, 0.25) is 10.0 Å². The zero-order valence-electron chi connectivity index (χ0n) is 19.1. The highest BCUT2D eigenvalue weighted by molar-refractivity contribution is 6.30. The quantitative estimate of drug-likeness (QED) is 0.594. The van der Waals surface area contributed by atoms with Gasteiger partial charge < -0.3 is 20.1 Å². The summed E-state index contributed by atoms with van der Waals surface area (Å²) in [6, 6.07) is 11.7. The van der Waals surface area contributed by atoms with Crippen molar-refractivity contribution in [2.24, 2.45) is 5.41 Å². The van der Waals surface area contributed by atoms with E-state index in [0.717, 1.165) is 6.07 Å². The Morgan fingerprint density at radius 3 is 2.40 bits per heavy atom. The zero-order chi connectivity index (χ0) is 24.8. The minimum absolute atomic E-state index is 0.0232. The van der Waals surface area contributed by atoms with Gasteiger partial charge in [0.05, 0.1) is 22.1 Å². The molecule has 0 radical (unpaired) electrons. The fraction of sp³-hybridized carbons (Fsp3) is 0.462. The molecule has 2 bridgehead atoms. The number of nitrogens with zero attached hydrogens (tertiary/aromatic N) is 1. The van der Waals surface area contributed by atoms with Crippen LogP contribution in [0.5, 0.6) is 5.75 Å². The van der Waals surface area contributed by atoms with Gasteiger partial charge in [0.1, 0.15) is 11.6 Å². The van der Waals surface area contributed by atoms with Gasteiger partial charge in [-0.15, -0.1) is 0 Å². The number of hydrogen-bond donors (Lipinski definition) is 2. The van der Waals surface area contributed by atoms with E-state index in [0.29, 0.717) is 56.1 Å². The number of amides is 2. The molecular formula is C26H27Cl2FN2O4. The molecule has 4 fully saturated rings. The van der Waals surface area contributed by atoms with Crippen LogP contribution in [-0.4, -0.2) is 53.2 Å². The number of aliphatic hydroxyl groups is 1. The largest absolute Gasteiger partial charge is 0.484 e. The summed E-state index contributed by atoms with van der Waals surface area (Å²) >= 11 is 11.6. The summed E-state index contributed by atoms with van der Waals surface area (Å²) < 4.78 is 19.0. The number of nitrogens with one attached hydrogen (secondary N) is 1. The third kappa shape index (κ3) is 4.61. The Labute approximate surface area is 213 Å². The molecule has 2 N–H and O–H groups in total. The molecule has 6 nitrogen and oxygen atoms in total. The van der Waals surface area contributed by atoms with Gasteiger partial charge in [-0.25, -0.2) is 4.39 Å². The minimum Gasteiger partial charge on any atom is -0.484 e. The minimum atomic E-state index is -0.820. The fourth-order valence-corrected chi connectivity index (χ4v) is 5.99. The van der Waals surface area contributed by atoms with Crippen molar-refractivity contribution in [3.05, 3.63) is 63.9 Å². The topological polar surface area (TPSA) is 78.9 Å². The first-order chi connectivity index (χ1) is 16.7. The Balaban J connectivity index is 1.15. The van der Waals surface area contributed by atoms with E-state index < -0.39 is 28.8 Å². The molecule has 6 rings (SSSR count). The lowest BCUT2D eigenvalue weighted by molar-refractivity contribution is -0.164. The van der Waals surface area contributed by atoms with Crippen LogP contribution >= 0.6 is 23.2 Å². The third-order valence-corrected chi connectivity index (χ3v) is 8.49. The van der Waals surface area contributed by atoms with Gasteiger partial charge in [-0.1, -0.05) is 35.3 Å². The number of halogens is 3. The number of rotatable bonds is 6. The smallest absolute Gasteiger partial charge is 0.258 e. The van der Waals surface area contributed by atoms with Crippen LogP contribution in [-0.2, 0) is 9.59 Å². The van der Waals surface area contributed by atoms with Crippen molar-refractivity contribution in [3.8, 4) is 5.75 Å². The SMILES string of the molecule is O=C(COc1ccc(Cl)c(F)c1)NC12CCC(C(=O)N3CC(c4ccc(Cl)cc4)C3)(CC1)CC2O. The molecule has 2 aromatic rings. The molecule has 9 heteroatoms. The molecular weight excluding hydrogens is 494 g/mol. The molecule has 186 valence electrons. The van der Waals surface area contributed by atoms with Crippen LogP contribution < -0.4 is 10.1 Å². The lowest BCUT2D eigenvalue weighted by Gasteiger charge is -2.57. The molecule has 1 aliphatic heterocycles. The first kappa shape index (κ1) is 24.3. The van der Waals surface area contributed by atoms with Gasteiger partial charge in [-0.2, -0.15) is 0 Å². The highest BCUT2D eigenvalue weighted by atomic mass is 35.5. The van der Waals surface area contributed by atoms with Gasteiger partial charge in [-0.3, -0.25) is 9.59 Å². The molecule has 0 spiro atoms. The van der Waals surface area contributed by atoms with Gasteiger partial charge in [0.15, 0.2) is 6.61 Å². The molecule has 3 aliphatic carbocycles. The Morgan fingerprint density at radius 2 is 1.77 bits per heavy atom. The van der Waals surface area contributed by atoms with E-state index in [4.69, 9.17) is 27.9 Å². The van der Waals surface area contributed by atoms with E-state index in [1.165, 1.54) is 17.7 Å². The fourth-order valence-electron chi connectivity index (χ4n) is 5.74. The molecule has 1 saturated heterocycles. The number of hydrogen-bond acceptors (Lipinski definition) is 4. The van der Waals surface area contributed by atoms with Crippen molar-refractivity contribution >= 4 is 35.0 Å². The number of carbonyl (C=O) groups is 2. The maximum atomic E-state index is 13.6. The summed E-state index contributed by atoms with van der Waals surface area (Å²) in [6.07, 6.45) is 1.80. The molecule has 2 amide bonds. The number of likely N-dealkylation sites (tertiary alicyclic amines) is 1. The molecule has 1 heterocycles. The number of ether oxygens (including phenoxy) is 1. The highest BCUT2D eigenvalue weighted by Crippen LogP contribution is 2.54. The van der Waals surface area contributed by atoms with Crippen molar-refractivity contribution in [2.75, 3.05) is 19.7 Å². The molecule has 2 aromatic carbocycles. The molecule has 1 atom stereocenters. The van der Waals surface area contributed by atoms with Gasteiger partial charge >= 0.3 is 0 Å². The van der Waals surface area contributed by atoms with Crippen LogP contribution in [0.1, 0.15) is 43.6 Å². The first-order valence-electron chi connectivity index (χ1n) is 11.8. The molecule has 35 heavy (non-hydrogen) atoms. The Bertz CT molecular complexity index is 1130. The lowest BCUT2D eigenvalue weighted by Crippen LogP contribution is -2.68. The van der Waals surface area contributed by atoms with E-state index in [1.54, 1.807) is 0 Å². The summed E-state index contributed by atoms with van der Waals surface area (Å²) in [7, 11) is 0. The van der Waals surface area contributed by atoms with E-state index in [-0.39, 0.29) is 23.3 Å². The average Bonchev–Trinajstić information content (AvgIpc) is 2.81. The predicted octanol–water partition coefficient (Wildman–Crippen LogP) is 4.32. The molecule has 1 unspecified atom stereocenters. The second-order valence-electron chi connectivity index (χ2n) is 10.0. The van der Waals surface area contributed by atoms with Gasteiger partial charge in [0.25, 0.3) is 5.91 Å². The molecule has 3 saturated carbocycles. The van der Waals surface area contributed by atoms with Crippen LogP contribution in [0.25, 0.3) is 0 Å². The number of benzene rings is 2. The number of carbonyl (C=O) groups excluding carboxylic acids is 2. The predicted molar refractivity (Wildman–Crippen MR) is 130 cm³/mol. The van der Waals surface area contributed by atoms with E-state index >= 15 is 0 Å². The van der Waals surface area contributed by atoms with Gasteiger partial charge in [0, 0.05) is 30.1 Å². The monoisotopic (exact) mass is 520 g/mol. The van der Waals surface area contributed by atoms with E-state index in [1.807, 2.05) is 29.2 Å². The van der Waals surface area contributed by atoms with Crippen LogP contribution in [0.4, 0.5) is 4.39 Å². The molecule has 0 aromatic heterocycles. The summed E-state index contributed by atoms with van der Waals surface area (Å²) in [6.45, 7) is 1.03. The van der Waals surface area contributed by atoms with Crippen molar-refractivity contribution in [1.82, 2.24) is 10.2 Å². The van der Waals surface area contributed by atoms with Crippen molar-refractivity contribution in [3.63, 3.8) is 0 Å². The summed E-state index contributed by atoms with van der Waals surface area (Å²) in [4.78, 5) is 27.9. The number of aliphatic hydroxyl groups excluding tert-OH is 1. The lowest BCUT2D eigenvalue weighted by atomic mass is 9.55. The van der Waals surface area contributed by atoms with Gasteiger partial charge in [-0.05, 0) is 61.9 Å².